The smallest absolute Gasteiger partial charge is 0.275 e. The van der Waals surface area contributed by atoms with Gasteiger partial charge in [-0.1, -0.05) is 0 Å². The fourth-order valence-electron chi connectivity index (χ4n) is 0.353. The highest BCUT2D eigenvalue weighted by Crippen LogP contribution is 1.89. The third-order valence-electron chi connectivity index (χ3n) is 1.28. The summed E-state index contributed by atoms with van der Waals surface area (Å²) in [5.41, 5.74) is 0. The molecule has 0 fully saturated rings. The Labute approximate surface area is 66.5 Å². The number of aliphatic imine (C=N–C) groups is 1. The van der Waals surface area contributed by atoms with E-state index in [1.165, 1.54) is 6.92 Å². The minimum Gasteiger partial charge on any atom is -0.383 e. The molecule has 1 amide bonds. The third-order valence-corrected chi connectivity index (χ3v) is 1.28. The number of rotatable bonds is 1. The first kappa shape index (κ1) is 10.1. The monoisotopic (exact) mass is 158 g/mol. The van der Waals surface area contributed by atoms with E-state index in [0.29, 0.717) is 5.84 Å². The van der Waals surface area contributed by atoms with Gasteiger partial charge in [-0.25, -0.2) is 0 Å². The van der Waals surface area contributed by atoms with Crippen LogP contribution in [0.4, 0.5) is 0 Å². The Kier molecular flexibility index (Phi) is 3.74. The van der Waals surface area contributed by atoms with Crippen LogP contribution in [-0.4, -0.2) is 41.9 Å². The number of hydrogen-bond donors (Lipinski definition) is 1. The minimum absolute atomic E-state index is 0.504. The lowest BCUT2D eigenvalue weighted by Crippen LogP contribution is -2.23. The molecule has 0 radical (unpaired) electrons. The van der Waals surface area contributed by atoms with Crippen molar-refractivity contribution in [1.82, 2.24) is 4.90 Å². The summed E-state index contributed by atoms with van der Waals surface area (Å²) in [6.07, 6.45) is -1.01. The maximum Gasteiger partial charge on any atom is 0.275 e. The normalized spacial score (nSPS) is 14.5. The molecule has 0 rings (SSSR count). The second kappa shape index (κ2) is 4.08. The molecule has 0 spiro atoms. The Balaban J connectivity index is 4.20. The lowest BCUT2D eigenvalue weighted by Gasteiger charge is -2.10. The van der Waals surface area contributed by atoms with Crippen LogP contribution in [0.2, 0.25) is 0 Å². The fourth-order valence-corrected chi connectivity index (χ4v) is 0.353. The van der Waals surface area contributed by atoms with Gasteiger partial charge in [-0.3, -0.25) is 4.79 Å². The van der Waals surface area contributed by atoms with Crippen molar-refractivity contribution in [2.24, 2.45) is 4.99 Å². The number of aliphatic hydroxyl groups excluding tert-OH is 1. The molecule has 1 atom stereocenters. The standard InChI is InChI=1S/C7H14N2O2/c1-5(10)7(11)8-6(2)9(3)4/h5,10H,1-4H3/t5-/m0/s1. The summed E-state index contributed by atoms with van der Waals surface area (Å²) in [6, 6.07) is 0. The van der Waals surface area contributed by atoms with E-state index >= 15 is 0 Å². The van der Waals surface area contributed by atoms with Crippen LogP contribution in [0.15, 0.2) is 4.99 Å². The first-order chi connectivity index (χ1) is 4.95. The van der Waals surface area contributed by atoms with E-state index < -0.39 is 12.0 Å². The van der Waals surface area contributed by atoms with Crippen molar-refractivity contribution in [3.8, 4) is 0 Å². The molecule has 0 aromatic heterocycles. The number of carbonyl (C=O) groups excluding carboxylic acids is 1. The number of aliphatic hydroxyl groups is 1. The Hall–Kier alpha value is -0.900. The Bertz CT molecular complexity index is 173. The highest BCUT2D eigenvalue weighted by atomic mass is 16.3. The van der Waals surface area contributed by atoms with Crippen molar-refractivity contribution in [3.05, 3.63) is 0 Å². The van der Waals surface area contributed by atoms with Crippen molar-refractivity contribution in [2.75, 3.05) is 14.1 Å². The number of amides is 1. The summed E-state index contributed by atoms with van der Waals surface area (Å²) in [6.45, 7) is 3.11. The number of hydrogen-bond acceptors (Lipinski definition) is 2. The molecule has 0 bridgehead atoms. The second-order valence-corrected chi connectivity index (χ2v) is 2.57. The molecule has 0 unspecified atom stereocenters. The lowest BCUT2D eigenvalue weighted by molar-refractivity contribution is -0.124. The summed E-state index contributed by atoms with van der Waals surface area (Å²) >= 11 is 0. The maximum atomic E-state index is 10.8. The van der Waals surface area contributed by atoms with Gasteiger partial charge in [0.1, 0.15) is 11.9 Å². The predicted octanol–water partition coefficient (Wildman–Crippen LogP) is -0.126. The van der Waals surface area contributed by atoms with E-state index in [2.05, 4.69) is 4.99 Å². The van der Waals surface area contributed by atoms with E-state index in [9.17, 15) is 4.79 Å². The summed E-state index contributed by atoms with van der Waals surface area (Å²) in [5.74, 6) is 0.0899. The molecule has 0 saturated carbocycles. The molecule has 0 aromatic carbocycles. The lowest BCUT2D eigenvalue weighted by atomic mass is 10.4. The SMILES string of the molecule is CC(=NC(=O)[C@H](C)O)N(C)C. The van der Waals surface area contributed by atoms with Crippen molar-refractivity contribution in [3.63, 3.8) is 0 Å². The first-order valence-corrected chi connectivity index (χ1v) is 3.39. The van der Waals surface area contributed by atoms with Crippen LogP contribution < -0.4 is 0 Å². The van der Waals surface area contributed by atoms with Gasteiger partial charge in [0.05, 0.1) is 0 Å². The Morgan fingerprint density at radius 2 is 2.00 bits per heavy atom. The zero-order chi connectivity index (χ0) is 9.02. The summed E-state index contributed by atoms with van der Waals surface area (Å²) in [5, 5.41) is 8.78. The van der Waals surface area contributed by atoms with Gasteiger partial charge >= 0.3 is 0 Å². The molecule has 0 heterocycles. The van der Waals surface area contributed by atoms with Crippen LogP contribution >= 0.6 is 0 Å². The zero-order valence-corrected chi connectivity index (χ0v) is 7.33. The maximum absolute atomic E-state index is 10.8. The van der Waals surface area contributed by atoms with Crippen LogP contribution in [0, 0.1) is 0 Å². The largest absolute Gasteiger partial charge is 0.383 e. The van der Waals surface area contributed by atoms with Crippen LogP contribution in [0.1, 0.15) is 13.8 Å². The number of nitrogens with zero attached hydrogens (tertiary/aromatic N) is 2. The van der Waals surface area contributed by atoms with E-state index in [1.807, 2.05) is 0 Å². The van der Waals surface area contributed by atoms with Crippen molar-refractivity contribution in [1.29, 1.82) is 0 Å². The van der Waals surface area contributed by atoms with Crippen molar-refractivity contribution >= 4 is 11.7 Å². The molecule has 4 heteroatoms. The fraction of sp³-hybridized carbons (Fsp3) is 0.714. The topological polar surface area (TPSA) is 52.9 Å². The highest BCUT2D eigenvalue weighted by Gasteiger charge is 2.07. The van der Waals surface area contributed by atoms with E-state index in [-0.39, 0.29) is 0 Å². The van der Waals surface area contributed by atoms with Gasteiger partial charge in [0.25, 0.3) is 5.91 Å². The van der Waals surface area contributed by atoms with Gasteiger partial charge in [0.2, 0.25) is 0 Å². The molecule has 0 aliphatic heterocycles. The summed E-state index contributed by atoms with van der Waals surface area (Å²) < 4.78 is 0. The van der Waals surface area contributed by atoms with Gasteiger partial charge in [-0.15, -0.1) is 0 Å². The van der Waals surface area contributed by atoms with Crippen LogP contribution in [-0.2, 0) is 4.79 Å². The third kappa shape index (κ3) is 3.72. The van der Waals surface area contributed by atoms with Crippen LogP contribution in [0.3, 0.4) is 0 Å². The molecule has 11 heavy (non-hydrogen) atoms. The molecule has 0 aromatic rings. The van der Waals surface area contributed by atoms with E-state index in [0.717, 1.165) is 0 Å². The van der Waals surface area contributed by atoms with Crippen LogP contribution in [0.25, 0.3) is 0 Å². The first-order valence-electron chi connectivity index (χ1n) is 3.39. The Morgan fingerprint density at radius 3 is 2.27 bits per heavy atom. The van der Waals surface area contributed by atoms with Crippen LogP contribution in [0.5, 0.6) is 0 Å². The number of carbonyl (C=O) groups is 1. The van der Waals surface area contributed by atoms with E-state index in [4.69, 9.17) is 5.11 Å². The van der Waals surface area contributed by atoms with Gasteiger partial charge in [-0.05, 0) is 13.8 Å². The summed E-state index contributed by atoms with van der Waals surface area (Å²) in [4.78, 5) is 16.1. The molecule has 0 aliphatic carbocycles. The average Bonchev–Trinajstić information content (AvgIpc) is 1.87. The molecular formula is C7H14N2O2. The van der Waals surface area contributed by atoms with Gasteiger partial charge in [0.15, 0.2) is 0 Å². The van der Waals surface area contributed by atoms with Gasteiger partial charge in [-0.2, -0.15) is 4.99 Å². The summed E-state index contributed by atoms with van der Waals surface area (Å²) in [7, 11) is 3.57. The van der Waals surface area contributed by atoms with Crippen molar-refractivity contribution in [2.45, 2.75) is 20.0 Å². The van der Waals surface area contributed by atoms with E-state index in [1.54, 1.807) is 25.9 Å². The average molecular weight is 158 g/mol. The number of amidine groups is 1. The zero-order valence-electron chi connectivity index (χ0n) is 7.33. The molecule has 0 aliphatic rings. The second-order valence-electron chi connectivity index (χ2n) is 2.57. The quantitative estimate of drug-likeness (QED) is 0.427. The molecule has 4 nitrogen and oxygen atoms in total. The molecule has 0 saturated heterocycles. The van der Waals surface area contributed by atoms with Crippen molar-refractivity contribution < 1.29 is 9.90 Å². The molecule has 64 valence electrons. The molecule has 1 N–H and O–H groups in total. The highest BCUT2D eigenvalue weighted by molar-refractivity contribution is 5.94. The molecular weight excluding hydrogens is 144 g/mol. The predicted molar refractivity (Wildman–Crippen MR) is 43.5 cm³/mol. The minimum atomic E-state index is -1.01. The van der Waals surface area contributed by atoms with Gasteiger partial charge < -0.3 is 10.0 Å². The van der Waals surface area contributed by atoms with Gasteiger partial charge in [0, 0.05) is 14.1 Å². The Morgan fingerprint density at radius 1 is 1.55 bits per heavy atom.